The summed E-state index contributed by atoms with van der Waals surface area (Å²) in [6.07, 6.45) is 0.679. The summed E-state index contributed by atoms with van der Waals surface area (Å²) in [6.45, 7) is 8.12. The number of amides is 1. The van der Waals surface area contributed by atoms with Gasteiger partial charge in [-0.25, -0.2) is 4.79 Å². The molecule has 0 bridgehead atoms. The zero-order valence-corrected chi connectivity index (χ0v) is 18.3. The molecule has 30 heavy (non-hydrogen) atoms. The fourth-order valence-electron chi connectivity index (χ4n) is 3.29. The Hall–Kier alpha value is -2.89. The van der Waals surface area contributed by atoms with E-state index in [0.29, 0.717) is 32.2 Å². The first-order valence-corrected chi connectivity index (χ1v) is 10.4. The van der Waals surface area contributed by atoms with E-state index in [1.54, 1.807) is 4.90 Å². The van der Waals surface area contributed by atoms with Crippen molar-refractivity contribution in [2.75, 3.05) is 32.1 Å². The van der Waals surface area contributed by atoms with Gasteiger partial charge >= 0.3 is 6.09 Å². The number of nitrogens with zero attached hydrogens (tertiary/aromatic N) is 1. The quantitative estimate of drug-likeness (QED) is 0.698. The molecular formula is C24H32N2O4. The van der Waals surface area contributed by atoms with E-state index in [4.69, 9.17) is 14.2 Å². The van der Waals surface area contributed by atoms with Crippen molar-refractivity contribution < 1.29 is 19.0 Å². The summed E-state index contributed by atoms with van der Waals surface area (Å²) in [7, 11) is 1.90. The van der Waals surface area contributed by atoms with Crippen LogP contribution in [-0.4, -0.2) is 43.3 Å². The molecule has 1 amide bonds. The van der Waals surface area contributed by atoms with Crippen LogP contribution in [0.4, 0.5) is 10.5 Å². The van der Waals surface area contributed by atoms with Gasteiger partial charge in [0.05, 0.1) is 6.61 Å². The molecule has 1 fully saturated rings. The Kier molecular flexibility index (Phi) is 7.08. The largest absolute Gasteiger partial charge is 0.493 e. The van der Waals surface area contributed by atoms with E-state index in [9.17, 15) is 4.79 Å². The maximum absolute atomic E-state index is 12.2. The number of carbonyl (C=O) groups excluding carboxylic acids is 1. The Balaban J connectivity index is 1.42. The number of hydrogen-bond donors (Lipinski definition) is 1. The van der Waals surface area contributed by atoms with Crippen LogP contribution in [0.25, 0.3) is 0 Å². The second-order valence-electron chi connectivity index (χ2n) is 8.60. The highest BCUT2D eigenvalue weighted by Gasteiger charge is 2.30. The van der Waals surface area contributed by atoms with Crippen molar-refractivity contribution in [3.8, 4) is 11.5 Å². The Morgan fingerprint density at radius 3 is 2.47 bits per heavy atom. The number of ether oxygens (including phenoxy) is 3. The van der Waals surface area contributed by atoms with Crippen LogP contribution < -0.4 is 14.8 Å². The Bertz CT molecular complexity index is 830. The molecular weight excluding hydrogens is 380 g/mol. The van der Waals surface area contributed by atoms with E-state index >= 15 is 0 Å². The molecule has 1 atom stereocenters. The average molecular weight is 413 g/mol. The van der Waals surface area contributed by atoms with Crippen LogP contribution in [0.1, 0.15) is 32.8 Å². The standard InChI is InChI=1S/C24H32N2O4/c1-24(2,3)30-23(27)26-13-12-19(15-26)17-29-22-10-8-21(9-11-22)28-16-18-6-5-7-20(14-18)25-4/h5-11,14,19,25H,12-13,15-17H2,1-4H3. The molecule has 1 N–H and O–H groups in total. The number of likely N-dealkylation sites (tertiary alicyclic amines) is 1. The Morgan fingerprint density at radius 2 is 1.80 bits per heavy atom. The molecule has 3 rings (SSSR count). The fraction of sp³-hybridized carbons (Fsp3) is 0.458. The molecule has 0 saturated carbocycles. The Morgan fingerprint density at radius 1 is 1.10 bits per heavy atom. The third kappa shape index (κ3) is 6.58. The summed E-state index contributed by atoms with van der Waals surface area (Å²) in [5, 5.41) is 3.13. The molecule has 2 aromatic rings. The van der Waals surface area contributed by atoms with Crippen molar-refractivity contribution in [3.63, 3.8) is 0 Å². The van der Waals surface area contributed by atoms with Gasteiger partial charge in [0.15, 0.2) is 0 Å². The minimum Gasteiger partial charge on any atom is -0.493 e. The topological polar surface area (TPSA) is 60.0 Å². The van der Waals surface area contributed by atoms with Gasteiger partial charge in [-0.05, 0) is 69.2 Å². The van der Waals surface area contributed by atoms with Crippen LogP contribution in [0.2, 0.25) is 0 Å². The number of carbonyl (C=O) groups is 1. The summed E-state index contributed by atoms with van der Waals surface area (Å²) in [5.41, 5.74) is 1.71. The highest BCUT2D eigenvalue weighted by Crippen LogP contribution is 2.23. The second-order valence-corrected chi connectivity index (χ2v) is 8.60. The maximum atomic E-state index is 12.2. The molecule has 2 aromatic carbocycles. The predicted octanol–water partition coefficient (Wildman–Crippen LogP) is 4.94. The highest BCUT2D eigenvalue weighted by atomic mass is 16.6. The van der Waals surface area contributed by atoms with Gasteiger partial charge in [0.1, 0.15) is 23.7 Å². The zero-order chi connectivity index (χ0) is 21.6. The smallest absolute Gasteiger partial charge is 0.410 e. The molecule has 1 unspecified atom stereocenters. The lowest BCUT2D eigenvalue weighted by Gasteiger charge is -2.24. The van der Waals surface area contributed by atoms with E-state index < -0.39 is 5.60 Å². The summed E-state index contributed by atoms with van der Waals surface area (Å²) in [6, 6.07) is 15.8. The third-order valence-electron chi connectivity index (χ3n) is 4.87. The molecule has 1 heterocycles. The average Bonchev–Trinajstić information content (AvgIpc) is 3.20. The van der Waals surface area contributed by atoms with E-state index in [0.717, 1.165) is 29.2 Å². The van der Waals surface area contributed by atoms with Crippen molar-refractivity contribution >= 4 is 11.8 Å². The van der Waals surface area contributed by atoms with Gasteiger partial charge in [-0.3, -0.25) is 0 Å². The van der Waals surface area contributed by atoms with Gasteiger partial charge in [0, 0.05) is 31.7 Å². The van der Waals surface area contributed by atoms with Crippen LogP contribution in [0, 0.1) is 5.92 Å². The zero-order valence-electron chi connectivity index (χ0n) is 18.3. The van der Waals surface area contributed by atoms with Crippen molar-refractivity contribution in [1.82, 2.24) is 4.90 Å². The van der Waals surface area contributed by atoms with E-state index in [-0.39, 0.29) is 6.09 Å². The van der Waals surface area contributed by atoms with Gasteiger partial charge in [-0.15, -0.1) is 0 Å². The van der Waals surface area contributed by atoms with E-state index in [1.807, 2.05) is 70.3 Å². The van der Waals surface area contributed by atoms with Gasteiger partial charge < -0.3 is 24.4 Å². The summed E-state index contributed by atoms with van der Waals surface area (Å²) < 4.78 is 17.2. The van der Waals surface area contributed by atoms with Crippen molar-refractivity contribution in [2.45, 2.75) is 39.4 Å². The van der Waals surface area contributed by atoms with Gasteiger partial charge in [-0.1, -0.05) is 12.1 Å². The minimum atomic E-state index is -0.467. The van der Waals surface area contributed by atoms with E-state index in [2.05, 4.69) is 11.4 Å². The van der Waals surface area contributed by atoms with Gasteiger partial charge in [0.25, 0.3) is 0 Å². The lowest BCUT2D eigenvalue weighted by atomic mass is 10.1. The monoisotopic (exact) mass is 412 g/mol. The molecule has 0 aromatic heterocycles. The molecule has 162 valence electrons. The molecule has 1 aliphatic rings. The summed E-state index contributed by atoms with van der Waals surface area (Å²) >= 11 is 0. The number of hydrogen-bond acceptors (Lipinski definition) is 5. The Labute approximate surface area is 179 Å². The predicted molar refractivity (Wildman–Crippen MR) is 118 cm³/mol. The van der Waals surface area contributed by atoms with Crippen LogP contribution in [0.5, 0.6) is 11.5 Å². The summed E-state index contributed by atoms with van der Waals surface area (Å²) in [4.78, 5) is 13.9. The first kappa shape index (κ1) is 21.8. The van der Waals surface area contributed by atoms with E-state index in [1.165, 1.54) is 0 Å². The lowest BCUT2D eigenvalue weighted by Crippen LogP contribution is -2.35. The molecule has 6 heteroatoms. The van der Waals surface area contributed by atoms with Crippen LogP contribution in [-0.2, 0) is 11.3 Å². The molecule has 0 aliphatic carbocycles. The molecule has 1 aliphatic heterocycles. The van der Waals surface area contributed by atoms with Crippen LogP contribution in [0.3, 0.4) is 0 Å². The first-order valence-electron chi connectivity index (χ1n) is 10.4. The van der Waals surface area contributed by atoms with Crippen LogP contribution >= 0.6 is 0 Å². The second kappa shape index (κ2) is 9.74. The van der Waals surface area contributed by atoms with Gasteiger partial charge in [0.2, 0.25) is 0 Å². The van der Waals surface area contributed by atoms with Crippen molar-refractivity contribution in [2.24, 2.45) is 5.92 Å². The molecule has 1 saturated heterocycles. The van der Waals surface area contributed by atoms with Gasteiger partial charge in [-0.2, -0.15) is 0 Å². The number of anilines is 1. The number of rotatable bonds is 7. The third-order valence-corrected chi connectivity index (χ3v) is 4.87. The fourth-order valence-corrected chi connectivity index (χ4v) is 3.29. The first-order chi connectivity index (χ1) is 14.3. The molecule has 0 spiro atoms. The minimum absolute atomic E-state index is 0.244. The SMILES string of the molecule is CNc1cccc(COc2ccc(OCC3CCN(C(=O)OC(C)(C)C)C3)cc2)c1. The van der Waals surface area contributed by atoms with Crippen molar-refractivity contribution in [1.29, 1.82) is 0 Å². The lowest BCUT2D eigenvalue weighted by molar-refractivity contribution is 0.0285. The summed E-state index contributed by atoms with van der Waals surface area (Å²) in [5.74, 6) is 1.91. The molecule has 0 radical (unpaired) electrons. The van der Waals surface area contributed by atoms with Crippen molar-refractivity contribution in [3.05, 3.63) is 54.1 Å². The number of benzene rings is 2. The number of nitrogens with one attached hydrogen (secondary N) is 1. The normalized spacial score (nSPS) is 16.3. The highest BCUT2D eigenvalue weighted by molar-refractivity contribution is 5.68. The maximum Gasteiger partial charge on any atom is 0.410 e. The molecule has 6 nitrogen and oxygen atoms in total. The van der Waals surface area contributed by atoms with Crippen LogP contribution in [0.15, 0.2) is 48.5 Å².